The minimum absolute atomic E-state index is 0.0129. The lowest BCUT2D eigenvalue weighted by Gasteiger charge is -2.07. The van der Waals surface area contributed by atoms with Crippen molar-refractivity contribution < 1.29 is 15.0 Å². The molecule has 0 spiro atoms. The highest BCUT2D eigenvalue weighted by atomic mass is 35.5. The molecule has 0 aliphatic heterocycles. The summed E-state index contributed by atoms with van der Waals surface area (Å²) in [5, 5.41) is 19.4. The topological polar surface area (TPSA) is 57.5 Å². The third-order valence-corrected chi connectivity index (χ3v) is 2.97. The predicted octanol–water partition coefficient (Wildman–Crippen LogP) is 4.06. The number of aromatic hydroxyl groups is 1. The molecule has 0 aliphatic rings. The van der Waals surface area contributed by atoms with Gasteiger partial charge in [-0.15, -0.1) is 0 Å². The van der Waals surface area contributed by atoms with E-state index < -0.39 is 5.97 Å². The van der Waals surface area contributed by atoms with Crippen molar-refractivity contribution in [1.29, 1.82) is 0 Å². The molecule has 92 valence electrons. The van der Waals surface area contributed by atoms with Gasteiger partial charge in [0.2, 0.25) is 0 Å². The Morgan fingerprint density at radius 2 is 1.78 bits per heavy atom. The number of hydrogen-bond acceptors (Lipinski definition) is 2. The summed E-state index contributed by atoms with van der Waals surface area (Å²) < 4.78 is 0. The Morgan fingerprint density at radius 1 is 1.06 bits per heavy atom. The Morgan fingerprint density at radius 3 is 2.44 bits per heavy atom. The lowest BCUT2D eigenvalue weighted by atomic mass is 10.0. The first-order valence-corrected chi connectivity index (χ1v) is 5.76. The van der Waals surface area contributed by atoms with Crippen LogP contribution in [-0.4, -0.2) is 16.2 Å². The highest BCUT2D eigenvalue weighted by Crippen LogP contribution is 2.33. The van der Waals surface area contributed by atoms with E-state index in [9.17, 15) is 9.90 Å². The van der Waals surface area contributed by atoms with E-state index in [0.717, 1.165) is 0 Å². The van der Waals surface area contributed by atoms with Crippen LogP contribution in [0.3, 0.4) is 0 Å². The molecule has 0 radical (unpaired) electrons. The average Bonchev–Trinajstić information content (AvgIpc) is 2.31. The summed E-state index contributed by atoms with van der Waals surface area (Å²) in [6.45, 7) is 0. The zero-order valence-electron chi connectivity index (χ0n) is 9.02. The molecule has 18 heavy (non-hydrogen) atoms. The van der Waals surface area contributed by atoms with Crippen LogP contribution < -0.4 is 0 Å². The smallest absolute Gasteiger partial charge is 0.335 e. The van der Waals surface area contributed by atoms with Crippen LogP contribution in [0.4, 0.5) is 0 Å². The van der Waals surface area contributed by atoms with Crippen LogP contribution in [-0.2, 0) is 0 Å². The fraction of sp³-hybridized carbons (Fsp3) is 0. The van der Waals surface area contributed by atoms with Gasteiger partial charge in [-0.2, -0.15) is 0 Å². The quantitative estimate of drug-likeness (QED) is 0.873. The van der Waals surface area contributed by atoms with Gasteiger partial charge >= 0.3 is 5.97 Å². The number of carboxylic acids is 1. The standard InChI is InChI=1S/C13H8Cl2O3/c14-9-1-2-12(15)11(6-9)7-3-8(13(17)18)5-10(16)4-7/h1-6,16H,(H,17,18). The third kappa shape index (κ3) is 2.58. The molecule has 0 heterocycles. The first-order chi connectivity index (χ1) is 8.47. The molecule has 0 aromatic heterocycles. The van der Waals surface area contributed by atoms with Gasteiger partial charge in [-0.1, -0.05) is 23.2 Å². The van der Waals surface area contributed by atoms with Crippen molar-refractivity contribution in [2.45, 2.75) is 0 Å². The van der Waals surface area contributed by atoms with Crippen LogP contribution in [0.5, 0.6) is 5.75 Å². The van der Waals surface area contributed by atoms with Gasteiger partial charge in [0.05, 0.1) is 5.56 Å². The molecular weight excluding hydrogens is 275 g/mol. The summed E-state index contributed by atoms with van der Waals surface area (Å²) in [4.78, 5) is 10.9. The normalized spacial score (nSPS) is 10.3. The Labute approximate surface area is 113 Å². The number of phenolic OH excluding ortho intramolecular Hbond substituents is 1. The summed E-state index contributed by atoms with van der Waals surface area (Å²) in [6.07, 6.45) is 0. The SMILES string of the molecule is O=C(O)c1cc(O)cc(-c2cc(Cl)ccc2Cl)c1. The van der Waals surface area contributed by atoms with Crippen molar-refractivity contribution in [3.63, 3.8) is 0 Å². The van der Waals surface area contributed by atoms with Crippen LogP contribution in [0.1, 0.15) is 10.4 Å². The number of aromatic carboxylic acids is 1. The molecule has 2 aromatic carbocycles. The molecule has 0 saturated carbocycles. The minimum atomic E-state index is -1.12. The van der Waals surface area contributed by atoms with Crippen LogP contribution in [0.25, 0.3) is 11.1 Å². The Bertz CT molecular complexity index is 624. The summed E-state index contributed by atoms with van der Waals surface area (Å²) in [5.74, 6) is -1.26. The van der Waals surface area contributed by atoms with E-state index in [1.54, 1.807) is 18.2 Å². The van der Waals surface area contributed by atoms with Gasteiger partial charge in [0.15, 0.2) is 0 Å². The lowest BCUT2D eigenvalue weighted by Crippen LogP contribution is -1.96. The van der Waals surface area contributed by atoms with E-state index in [4.69, 9.17) is 28.3 Å². The van der Waals surface area contributed by atoms with Crippen molar-refractivity contribution in [1.82, 2.24) is 0 Å². The second-order valence-electron chi connectivity index (χ2n) is 3.70. The van der Waals surface area contributed by atoms with E-state index in [2.05, 4.69) is 0 Å². The summed E-state index contributed by atoms with van der Waals surface area (Å²) >= 11 is 11.9. The molecule has 0 amide bonds. The van der Waals surface area contributed by atoms with Crippen molar-refractivity contribution >= 4 is 29.2 Å². The summed E-state index contributed by atoms with van der Waals surface area (Å²) in [6, 6.07) is 8.90. The summed E-state index contributed by atoms with van der Waals surface area (Å²) in [5.41, 5.74) is 1.06. The van der Waals surface area contributed by atoms with Gasteiger partial charge < -0.3 is 10.2 Å². The van der Waals surface area contributed by atoms with Gasteiger partial charge in [-0.25, -0.2) is 4.79 Å². The number of carboxylic acid groups (broad SMARTS) is 1. The van der Waals surface area contributed by atoms with E-state index in [1.807, 2.05) is 0 Å². The molecule has 2 rings (SSSR count). The minimum Gasteiger partial charge on any atom is -0.508 e. The Kier molecular flexibility index (Phi) is 3.45. The fourth-order valence-corrected chi connectivity index (χ4v) is 2.01. The van der Waals surface area contributed by atoms with Gasteiger partial charge in [0, 0.05) is 15.6 Å². The van der Waals surface area contributed by atoms with Crippen LogP contribution in [0, 0.1) is 0 Å². The van der Waals surface area contributed by atoms with Crippen LogP contribution in [0.15, 0.2) is 36.4 Å². The van der Waals surface area contributed by atoms with Crippen molar-refractivity contribution in [3.05, 3.63) is 52.0 Å². The second kappa shape index (κ2) is 4.88. The first kappa shape index (κ1) is 12.7. The van der Waals surface area contributed by atoms with Crippen molar-refractivity contribution in [2.75, 3.05) is 0 Å². The molecule has 0 fully saturated rings. The van der Waals surface area contributed by atoms with Gasteiger partial charge in [0.25, 0.3) is 0 Å². The van der Waals surface area contributed by atoms with Gasteiger partial charge in [-0.3, -0.25) is 0 Å². The highest BCUT2D eigenvalue weighted by Gasteiger charge is 2.10. The molecular formula is C13H8Cl2O3. The molecule has 3 nitrogen and oxygen atoms in total. The summed E-state index contributed by atoms with van der Waals surface area (Å²) in [7, 11) is 0. The third-order valence-electron chi connectivity index (χ3n) is 2.40. The van der Waals surface area contributed by atoms with Crippen molar-refractivity contribution in [3.8, 4) is 16.9 Å². The average molecular weight is 283 g/mol. The molecule has 0 bridgehead atoms. The monoisotopic (exact) mass is 282 g/mol. The molecule has 2 aromatic rings. The number of rotatable bonds is 2. The lowest BCUT2D eigenvalue weighted by molar-refractivity contribution is 0.0696. The number of halogens is 2. The molecule has 5 heteroatoms. The van der Waals surface area contributed by atoms with Crippen LogP contribution in [0.2, 0.25) is 10.0 Å². The number of phenols is 1. The zero-order chi connectivity index (χ0) is 13.3. The van der Waals surface area contributed by atoms with Crippen molar-refractivity contribution in [2.24, 2.45) is 0 Å². The largest absolute Gasteiger partial charge is 0.508 e. The highest BCUT2D eigenvalue weighted by molar-refractivity contribution is 6.35. The van der Waals surface area contributed by atoms with E-state index in [1.165, 1.54) is 18.2 Å². The molecule has 0 unspecified atom stereocenters. The van der Waals surface area contributed by atoms with E-state index >= 15 is 0 Å². The second-order valence-corrected chi connectivity index (χ2v) is 4.54. The maximum atomic E-state index is 10.9. The van der Waals surface area contributed by atoms with Gasteiger partial charge in [0.1, 0.15) is 5.75 Å². The zero-order valence-corrected chi connectivity index (χ0v) is 10.5. The Hall–Kier alpha value is -1.71. The number of benzene rings is 2. The molecule has 0 aliphatic carbocycles. The predicted molar refractivity (Wildman–Crippen MR) is 70.5 cm³/mol. The van der Waals surface area contributed by atoms with E-state index in [0.29, 0.717) is 21.2 Å². The first-order valence-electron chi connectivity index (χ1n) is 5.00. The molecule has 0 atom stereocenters. The van der Waals surface area contributed by atoms with Gasteiger partial charge in [-0.05, 0) is 42.0 Å². The molecule has 2 N–H and O–H groups in total. The Balaban J connectivity index is 2.63. The van der Waals surface area contributed by atoms with E-state index in [-0.39, 0.29) is 11.3 Å². The van der Waals surface area contributed by atoms with Crippen LogP contribution >= 0.6 is 23.2 Å². The fourth-order valence-electron chi connectivity index (χ4n) is 1.61. The maximum Gasteiger partial charge on any atom is 0.335 e. The molecule has 0 saturated heterocycles. The number of carbonyl (C=O) groups is 1. The maximum absolute atomic E-state index is 10.9. The number of hydrogen-bond donors (Lipinski definition) is 2.